The Balaban J connectivity index is 1.56. The van der Waals surface area contributed by atoms with Crippen molar-refractivity contribution in [3.63, 3.8) is 0 Å². The molecule has 1 aromatic rings. The third kappa shape index (κ3) is 4.41. The van der Waals surface area contributed by atoms with Gasteiger partial charge in [-0.3, -0.25) is 0 Å². The van der Waals surface area contributed by atoms with Gasteiger partial charge >= 0.3 is 6.09 Å². The van der Waals surface area contributed by atoms with Crippen molar-refractivity contribution in [2.45, 2.75) is 49.9 Å². The Morgan fingerprint density at radius 1 is 1.40 bits per heavy atom. The molecule has 0 bridgehead atoms. The molecule has 0 radical (unpaired) electrons. The summed E-state index contributed by atoms with van der Waals surface area (Å²) >= 11 is 0. The highest BCUT2D eigenvalue weighted by atomic mass is 19.1. The van der Waals surface area contributed by atoms with E-state index in [4.69, 9.17) is 9.47 Å². The smallest absolute Gasteiger partial charge is 0.407 e. The molecule has 25 heavy (non-hydrogen) atoms. The number of carbonyl (C=O) groups excluding carboxylic acids is 1. The van der Waals surface area contributed by atoms with Crippen LogP contribution in [-0.2, 0) is 4.74 Å². The zero-order valence-electron chi connectivity index (χ0n) is 14.3. The standard InChI is InChI=1S/C18H25FN2O4/c1-24-16-8-11(4-5-14(16)19)12-7-15(22)17(9-12)25-18(23)21-13-3-2-6-20-10-13/h4-5,8,12-13,15,17,20,22H,2-3,6-7,9-10H2,1H3,(H,21,23). The zero-order valence-corrected chi connectivity index (χ0v) is 14.3. The van der Waals surface area contributed by atoms with Crippen LogP contribution in [0.15, 0.2) is 18.2 Å². The van der Waals surface area contributed by atoms with Crippen molar-refractivity contribution in [2.24, 2.45) is 0 Å². The van der Waals surface area contributed by atoms with Gasteiger partial charge in [0, 0.05) is 12.6 Å². The predicted octanol–water partition coefficient (Wildman–Crippen LogP) is 1.92. The molecule has 1 saturated heterocycles. The highest BCUT2D eigenvalue weighted by Crippen LogP contribution is 2.38. The minimum Gasteiger partial charge on any atom is -0.494 e. The number of halogens is 1. The Labute approximate surface area is 146 Å². The van der Waals surface area contributed by atoms with Gasteiger partial charge in [-0.25, -0.2) is 9.18 Å². The normalized spacial score (nSPS) is 29.2. The summed E-state index contributed by atoms with van der Waals surface area (Å²) < 4.78 is 24.0. The van der Waals surface area contributed by atoms with Crippen LogP contribution in [0.3, 0.4) is 0 Å². The number of hydrogen-bond donors (Lipinski definition) is 3. The Kier molecular flexibility index (Phi) is 5.75. The first-order valence-electron chi connectivity index (χ1n) is 8.76. The molecule has 0 aromatic heterocycles. The van der Waals surface area contributed by atoms with Crippen LogP contribution in [0, 0.1) is 5.82 Å². The maximum Gasteiger partial charge on any atom is 0.407 e. The van der Waals surface area contributed by atoms with Gasteiger partial charge in [-0.15, -0.1) is 0 Å². The highest BCUT2D eigenvalue weighted by molar-refractivity contribution is 5.68. The molecule has 4 unspecified atom stereocenters. The Hall–Kier alpha value is -1.86. The van der Waals surface area contributed by atoms with Crippen LogP contribution in [0.1, 0.15) is 37.2 Å². The lowest BCUT2D eigenvalue weighted by Crippen LogP contribution is -2.46. The molecule has 1 amide bonds. The first-order valence-corrected chi connectivity index (χ1v) is 8.76. The molecule has 6 nitrogen and oxygen atoms in total. The Bertz CT molecular complexity index is 607. The number of carbonyl (C=O) groups is 1. The molecule has 1 aliphatic carbocycles. The van der Waals surface area contributed by atoms with Gasteiger partial charge in [-0.1, -0.05) is 6.07 Å². The van der Waals surface area contributed by atoms with E-state index in [1.54, 1.807) is 12.1 Å². The number of ether oxygens (including phenoxy) is 2. The van der Waals surface area contributed by atoms with Crippen molar-refractivity contribution in [3.8, 4) is 5.75 Å². The van der Waals surface area contributed by atoms with Gasteiger partial charge in [-0.2, -0.15) is 0 Å². The van der Waals surface area contributed by atoms with Gasteiger partial charge in [0.2, 0.25) is 0 Å². The largest absolute Gasteiger partial charge is 0.494 e. The Morgan fingerprint density at radius 2 is 2.24 bits per heavy atom. The molecule has 3 rings (SSSR count). The van der Waals surface area contributed by atoms with E-state index in [-0.39, 0.29) is 17.7 Å². The summed E-state index contributed by atoms with van der Waals surface area (Å²) in [5, 5.41) is 16.3. The average molecular weight is 352 g/mol. The van der Waals surface area contributed by atoms with Crippen molar-refractivity contribution in [1.29, 1.82) is 0 Å². The van der Waals surface area contributed by atoms with Crippen LogP contribution >= 0.6 is 0 Å². The van der Waals surface area contributed by atoms with E-state index >= 15 is 0 Å². The Morgan fingerprint density at radius 3 is 2.96 bits per heavy atom. The lowest BCUT2D eigenvalue weighted by atomic mass is 9.97. The lowest BCUT2D eigenvalue weighted by Gasteiger charge is -2.24. The molecule has 1 aliphatic heterocycles. The average Bonchev–Trinajstić information content (AvgIpc) is 2.96. The molecular weight excluding hydrogens is 327 g/mol. The molecule has 2 aliphatic rings. The quantitative estimate of drug-likeness (QED) is 0.771. The second-order valence-corrected chi connectivity index (χ2v) is 6.76. The summed E-state index contributed by atoms with van der Waals surface area (Å²) in [7, 11) is 1.42. The van der Waals surface area contributed by atoms with Crippen molar-refractivity contribution < 1.29 is 23.8 Å². The number of piperidine rings is 1. The van der Waals surface area contributed by atoms with Crippen LogP contribution in [-0.4, -0.2) is 49.6 Å². The van der Waals surface area contributed by atoms with Crippen molar-refractivity contribution in [2.75, 3.05) is 20.2 Å². The molecule has 1 saturated carbocycles. The van der Waals surface area contributed by atoms with E-state index < -0.39 is 24.1 Å². The number of nitrogens with one attached hydrogen (secondary N) is 2. The second-order valence-electron chi connectivity index (χ2n) is 6.76. The molecule has 1 heterocycles. The summed E-state index contributed by atoms with van der Waals surface area (Å²) in [6, 6.07) is 4.75. The van der Waals surface area contributed by atoms with E-state index in [9.17, 15) is 14.3 Å². The molecule has 3 N–H and O–H groups in total. The van der Waals surface area contributed by atoms with Gasteiger partial charge in [0.1, 0.15) is 6.10 Å². The van der Waals surface area contributed by atoms with Gasteiger partial charge in [0.15, 0.2) is 11.6 Å². The molecule has 7 heteroatoms. The maximum atomic E-state index is 13.5. The molecular formula is C18H25FN2O4. The number of aliphatic hydroxyl groups excluding tert-OH is 1. The van der Waals surface area contributed by atoms with Crippen molar-refractivity contribution in [3.05, 3.63) is 29.6 Å². The van der Waals surface area contributed by atoms with E-state index in [0.29, 0.717) is 12.8 Å². The maximum absolute atomic E-state index is 13.5. The number of methoxy groups -OCH3 is 1. The first kappa shape index (κ1) is 17.9. The molecule has 138 valence electrons. The minimum atomic E-state index is -0.726. The summed E-state index contributed by atoms with van der Waals surface area (Å²) in [6.45, 7) is 1.71. The summed E-state index contributed by atoms with van der Waals surface area (Å²) in [5.74, 6) is -0.240. The second kappa shape index (κ2) is 8.01. The third-order valence-electron chi connectivity index (χ3n) is 5.00. The topological polar surface area (TPSA) is 79.8 Å². The lowest BCUT2D eigenvalue weighted by molar-refractivity contribution is 0.0207. The van der Waals surface area contributed by atoms with Crippen LogP contribution in [0.25, 0.3) is 0 Å². The van der Waals surface area contributed by atoms with E-state index in [2.05, 4.69) is 10.6 Å². The number of hydrogen-bond acceptors (Lipinski definition) is 5. The monoisotopic (exact) mass is 352 g/mol. The number of amides is 1. The van der Waals surface area contributed by atoms with Crippen molar-refractivity contribution in [1.82, 2.24) is 10.6 Å². The predicted molar refractivity (Wildman–Crippen MR) is 90.2 cm³/mol. The fraction of sp³-hybridized carbons (Fsp3) is 0.611. The van der Waals surface area contributed by atoms with E-state index in [0.717, 1.165) is 31.5 Å². The summed E-state index contributed by atoms with van der Waals surface area (Å²) in [6.07, 6.45) is 1.15. The fourth-order valence-corrected chi connectivity index (χ4v) is 3.62. The van der Waals surface area contributed by atoms with E-state index in [1.165, 1.54) is 13.2 Å². The van der Waals surface area contributed by atoms with Crippen LogP contribution in [0.4, 0.5) is 9.18 Å². The number of aliphatic hydroxyl groups is 1. The summed E-state index contributed by atoms with van der Waals surface area (Å²) in [5.41, 5.74) is 0.875. The van der Waals surface area contributed by atoms with Gasteiger partial charge in [0.05, 0.1) is 13.2 Å². The minimum absolute atomic E-state index is 0.00125. The fourth-order valence-electron chi connectivity index (χ4n) is 3.62. The molecule has 0 spiro atoms. The van der Waals surface area contributed by atoms with E-state index in [1.807, 2.05) is 0 Å². The number of alkyl carbamates (subject to hydrolysis) is 1. The number of benzene rings is 1. The number of rotatable bonds is 4. The van der Waals surface area contributed by atoms with Crippen LogP contribution < -0.4 is 15.4 Å². The highest BCUT2D eigenvalue weighted by Gasteiger charge is 2.37. The zero-order chi connectivity index (χ0) is 17.8. The van der Waals surface area contributed by atoms with Crippen LogP contribution in [0.5, 0.6) is 5.75 Å². The first-order chi connectivity index (χ1) is 12.1. The summed E-state index contributed by atoms with van der Waals surface area (Å²) in [4.78, 5) is 12.1. The molecule has 4 atom stereocenters. The van der Waals surface area contributed by atoms with Gasteiger partial charge in [0.25, 0.3) is 0 Å². The van der Waals surface area contributed by atoms with Crippen molar-refractivity contribution >= 4 is 6.09 Å². The van der Waals surface area contributed by atoms with Gasteiger partial charge in [-0.05, 0) is 55.8 Å². The van der Waals surface area contributed by atoms with Crippen LogP contribution in [0.2, 0.25) is 0 Å². The SMILES string of the molecule is COc1cc(C2CC(O)C(OC(=O)NC3CCCNC3)C2)ccc1F. The van der Waals surface area contributed by atoms with Gasteiger partial charge < -0.3 is 25.2 Å². The third-order valence-corrected chi connectivity index (χ3v) is 5.00. The molecule has 2 fully saturated rings. The molecule has 1 aromatic carbocycles.